The molecule has 0 fully saturated rings. The molecule has 6 nitrogen and oxygen atoms in total. The number of ketones is 3. The molecule has 0 saturated carbocycles. The molecule has 0 aliphatic heterocycles. The number of nitrogens with zero attached hydrogens (tertiary/aromatic N) is 1. The van der Waals surface area contributed by atoms with Crippen LogP contribution in [0.25, 0.3) is 6.08 Å². The number of hydrogen-bond acceptors (Lipinski definition) is 7. The molecule has 3 aromatic carbocycles. The third-order valence-corrected chi connectivity index (χ3v) is 6.78. The molecule has 0 atom stereocenters. The first-order valence-electron chi connectivity index (χ1n) is 11.9. The van der Waals surface area contributed by atoms with Gasteiger partial charge in [0.25, 0.3) is 0 Å². The molecule has 0 radical (unpaired) electrons. The summed E-state index contributed by atoms with van der Waals surface area (Å²) in [5.74, 6) is -1.32. The first-order valence-corrected chi connectivity index (χ1v) is 12.8. The maximum absolute atomic E-state index is 12.8. The SMILES string of the molecule is CCCC/C(=N\OC(C)=O)C(=O)c1ccc(Sc2ccc(C=C3C(=O)c4ccccc4C3=O)cc2)cc1. The van der Waals surface area contributed by atoms with Gasteiger partial charge in [-0.25, -0.2) is 4.79 Å². The van der Waals surface area contributed by atoms with Crippen LogP contribution >= 0.6 is 11.8 Å². The molecule has 0 aromatic heterocycles. The molecule has 37 heavy (non-hydrogen) atoms. The molecular weight excluding hydrogens is 486 g/mol. The minimum absolute atomic E-state index is 0.178. The summed E-state index contributed by atoms with van der Waals surface area (Å²) < 4.78 is 0. The Balaban J connectivity index is 1.43. The smallest absolute Gasteiger partial charge is 0.318 e. The van der Waals surface area contributed by atoms with Gasteiger partial charge in [0.15, 0.2) is 11.6 Å². The van der Waals surface area contributed by atoms with Gasteiger partial charge < -0.3 is 4.84 Å². The zero-order valence-electron chi connectivity index (χ0n) is 20.5. The molecule has 0 unspecified atom stereocenters. The molecule has 0 saturated heterocycles. The van der Waals surface area contributed by atoms with Crippen LogP contribution in [0.2, 0.25) is 0 Å². The van der Waals surface area contributed by atoms with Crippen molar-refractivity contribution in [2.75, 3.05) is 0 Å². The first-order chi connectivity index (χ1) is 17.9. The Labute approximate surface area is 219 Å². The molecule has 0 N–H and O–H groups in total. The Morgan fingerprint density at radius 2 is 1.43 bits per heavy atom. The molecule has 3 aromatic rings. The zero-order chi connectivity index (χ0) is 26.4. The van der Waals surface area contributed by atoms with Crippen molar-refractivity contribution in [3.05, 3.63) is 101 Å². The lowest BCUT2D eigenvalue weighted by molar-refractivity contribution is -0.140. The topological polar surface area (TPSA) is 89.9 Å². The van der Waals surface area contributed by atoms with Crippen molar-refractivity contribution in [3.63, 3.8) is 0 Å². The maximum Gasteiger partial charge on any atom is 0.331 e. The van der Waals surface area contributed by atoms with Crippen LogP contribution < -0.4 is 0 Å². The van der Waals surface area contributed by atoms with Crippen LogP contribution in [0.1, 0.15) is 69.7 Å². The van der Waals surface area contributed by atoms with Gasteiger partial charge in [0, 0.05) is 33.4 Å². The number of carbonyl (C=O) groups is 4. The number of Topliss-reactive ketones (excluding diaryl/α,β-unsaturated/α-hetero) is 3. The average Bonchev–Trinajstić information content (AvgIpc) is 3.14. The van der Waals surface area contributed by atoms with Gasteiger partial charge in [-0.1, -0.05) is 66.7 Å². The van der Waals surface area contributed by atoms with Crippen LogP contribution in [-0.4, -0.2) is 29.0 Å². The highest BCUT2D eigenvalue weighted by atomic mass is 32.2. The highest BCUT2D eigenvalue weighted by molar-refractivity contribution is 7.99. The van der Waals surface area contributed by atoms with E-state index >= 15 is 0 Å². The molecule has 186 valence electrons. The van der Waals surface area contributed by atoms with E-state index in [9.17, 15) is 19.2 Å². The Hall–Kier alpha value is -4.10. The van der Waals surface area contributed by atoms with Gasteiger partial charge in [-0.15, -0.1) is 0 Å². The molecule has 1 aliphatic rings. The van der Waals surface area contributed by atoms with Crippen molar-refractivity contribution in [3.8, 4) is 0 Å². The fourth-order valence-corrected chi connectivity index (χ4v) is 4.66. The summed E-state index contributed by atoms with van der Waals surface area (Å²) >= 11 is 1.52. The van der Waals surface area contributed by atoms with Crippen LogP contribution in [0.15, 0.2) is 93.3 Å². The summed E-state index contributed by atoms with van der Waals surface area (Å²) in [6.07, 6.45) is 3.72. The third kappa shape index (κ3) is 6.19. The predicted octanol–water partition coefficient (Wildman–Crippen LogP) is 6.59. The molecular formula is C30H25NO5S. The summed E-state index contributed by atoms with van der Waals surface area (Å²) in [6, 6.07) is 21.6. The van der Waals surface area contributed by atoms with E-state index < -0.39 is 5.97 Å². The van der Waals surface area contributed by atoms with Crippen molar-refractivity contribution < 1.29 is 24.0 Å². The van der Waals surface area contributed by atoms with Gasteiger partial charge in [0.2, 0.25) is 5.78 Å². The van der Waals surface area contributed by atoms with Gasteiger partial charge in [-0.3, -0.25) is 14.4 Å². The number of hydrogen-bond donors (Lipinski definition) is 0. The Morgan fingerprint density at radius 3 is 1.97 bits per heavy atom. The Bertz CT molecular complexity index is 1380. The number of rotatable bonds is 9. The normalized spacial score (nSPS) is 12.9. The summed E-state index contributed by atoms with van der Waals surface area (Å²) in [4.78, 5) is 55.8. The van der Waals surface area contributed by atoms with E-state index in [0.717, 1.165) is 28.2 Å². The second-order valence-corrected chi connectivity index (χ2v) is 9.66. The van der Waals surface area contributed by atoms with E-state index in [0.29, 0.717) is 23.1 Å². The van der Waals surface area contributed by atoms with E-state index in [1.54, 1.807) is 42.5 Å². The lowest BCUT2D eigenvalue weighted by Gasteiger charge is -2.07. The number of carbonyl (C=O) groups excluding carboxylic acids is 4. The third-order valence-electron chi connectivity index (χ3n) is 5.76. The van der Waals surface area contributed by atoms with E-state index in [-0.39, 0.29) is 28.6 Å². The van der Waals surface area contributed by atoms with Crippen LogP contribution in [-0.2, 0) is 9.63 Å². The van der Waals surface area contributed by atoms with Crippen molar-refractivity contribution >= 4 is 46.9 Å². The molecule has 4 rings (SSSR count). The molecule has 7 heteroatoms. The van der Waals surface area contributed by atoms with E-state index in [1.807, 2.05) is 43.3 Å². The minimum atomic E-state index is -0.567. The van der Waals surface area contributed by atoms with Crippen LogP contribution in [0, 0.1) is 0 Å². The van der Waals surface area contributed by atoms with Gasteiger partial charge >= 0.3 is 5.97 Å². The molecule has 0 amide bonds. The Kier molecular flexibility index (Phi) is 8.25. The lowest BCUT2D eigenvalue weighted by atomic mass is 10.0. The fourth-order valence-electron chi connectivity index (χ4n) is 3.84. The molecule has 0 bridgehead atoms. The van der Waals surface area contributed by atoms with E-state index in [1.165, 1.54) is 18.7 Å². The van der Waals surface area contributed by atoms with Gasteiger partial charge in [0.05, 0.1) is 5.57 Å². The number of oxime groups is 1. The van der Waals surface area contributed by atoms with Gasteiger partial charge in [-0.05, 0) is 60.9 Å². The van der Waals surface area contributed by atoms with Gasteiger partial charge in [-0.2, -0.15) is 0 Å². The van der Waals surface area contributed by atoms with Crippen molar-refractivity contribution in [1.29, 1.82) is 0 Å². The van der Waals surface area contributed by atoms with Crippen LogP contribution in [0.3, 0.4) is 0 Å². The van der Waals surface area contributed by atoms with E-state index in [4.69, 9.17) is 4.84 Å². The molecule has 1 aliphatic carbocycles. The second kappa shape index (κ2) is 11.8. The predicted molar refractivity (Wildman–Crippen MR) is 143 cm³/mol. The van der Waals surface area contributed by atoms with Gasteiger partial charge in [0.1, 0.15) is 5.71 Å². The standard InChI is InChI=1S/C30H25NO5S/c1-3-4-9-27(31-36-19(2)32)28(33)21-12-16-23(17-13-21)37-22-14-10-20(11-15-22)18-26-29(34)24-7-5-6-8-25(24)30(26)35/h5-8,10-18H,3-4,9H2,1-2H3/b31-27+. The monoisotopic (exact) mass is 511 g/mol. The number of allylic oxidation sites excluding steroid dienone is 1. The second-order valence-electron chi connectivity index (χ2n) is 8.51. The maximum atomic E-state index is 12.8. The van der Waals surface area contributed by atoms with Crippen LogP contribution in [0.5, 0.6) is 0 Å². The number of benzene rings is 3. The Morgan fingerprint density at radius 1 is 0.865 bits per heavy atom. The summed E-state index contributed by atoms with van der Waals surface area (Å²) in [6.45, 7) is 3.25. The number of unbranched alkanes of at least 4 members (excludes halogenated alkanes) is 1. The summed E-state index contributed by atoms with van der Waals surface area (Å²) in [5.41, 5.74) is 2.54. The zero-order valence-corrected chi connectivity index (χ0v) is 21.3. The van der Waals surface area contributed by atoms with Crippen molar-refractivity contribution in [2.45, 2.75) is 42.9 Å². The van der Waals surface area contributed by atoms with Crippen LogP contribution in [0.4, 0.5) is 0 Å². The average molecular weight is 512 g/mol. The fraction of sp³-hybridized carbons (Fsp3) is 0.167. The molecule has 0 heterocycles. The number of fused-ring (bicyclic) bond motifs is 1. The first kappa shape index (κ1) is 26.0. The van der Waals surface area contributed by atoms with Crippen molar-refractivity contribution in [1.82, 2.24) is 0 Å². The largest absolute Gasteiger partial charge is 0.331 e. The minimum Gasteiger partial charge on any atom is -0.318 e. The lowest BCUT2D eigenvalue weighted by Crippen LogP contribution is -2.15. The highest BCUT2D eigenvalue weighted by Gasteiger charge is 2.32. The quantitative estimate of drug-likeness (QED) is 0.0804. The summed E-state index contributed by atoms with van der Waals surface area (Å²) in [7, 11) is 0. The molecule has 0 spiro atoms. The summed E-state index contributed by atoms with van der Waals surface area (Å²) in [5, 5.41) is 3.76. The van der Waals surface area contributed by atoms with E-state index in [2.05, 4.69) is 5.16 Å². The highest BCUT2D eigenvalue weighted by Crippen LogP contribution is 2.30. The van der Waals surface area contributed by atoms with Crippen molar-refractivity contribution in [2.24, 2.45) is 5.16 Å².